The smallest absolute Gasteiger partial charge is 0.0328 e. The highest BCUT2D eigenvalue weighted by Crippen LogP contribution is 2.34. The SMILES string of the molecule is C[C@H](NC1CCc2cc(N)ccc21)C1CCCCC1. The molecule has 0 bridgehead atoms. The molecule has 2 aliphatic rings. The molecule has 1 saturated carbocycles. The third-order valence-electron chi connectivity index (χ3n) is 5.07. The Kier molecular flexibility index (Phi) is 3.79. The van der Waals surface area contributed by atoms with Gasteiger partial charge in [-0.3, -0.25) is 0 Å². The van der Waals surface area contributed by atoms with Crippen LogP contribution in [0.25, 0.3) is 0 Å². The van der Waals surface area contributed by atoms with E-state index in [0.717, 1.165) is 11.6 Å². The van der Waals surface area contributed by atoms with E-state index in [4.69, 9.17) is 5.73 Å². The summed E-state index contributed by atoms with van der Waals surface area (Å²) in [7, 11) is 0. The normalized spacial score (nSPS) is 25.2. The minimum absolute atomic E-state index is 0.549. The van der Waals surface area contributed by atoms with Gasteiger partial charge in [0.05, 0.1) is 0 Å². The predicted octanol–water partition coefficient (Wildman–Crippen LogP) is 3.81. The van der Waals surface area contributed by atoms with Gasteiger partial charge in [-0.15, -0.1) is 0 Å². The van der Waals surface area contributed by atoms with Crippen molar-refractivity contribution in [3.8, 4) is 0 Å². The summed E-state index contributed by atoms with van der Waals surface area (Å²) in [4.78, 5) is 0. The lowest BCUT2D eigenvalue weighted by Gasteiger charge is -2.31. The van der Waals surface area contributed by atoms with E-state index in [9.17, 15) is 0 Å². The van der Waals surface area contributed by atoms with Crippen molar-refractivity contribution in [1.29, 1.82) is 0 Å². The summed E-state index contributed by atoms with van der Waals surface area (Å²) in [5.74, 6) is 0.881. The van der Waals surface area contributed by atoms with E-state index in [1.807, 2.05) is 6.07 Å². The summed E-state index contributed by atoms with van der Waals surface area (Å²) in [6.07, 6.45) is 9.52. The van der Waals surface area contributed by atoms with Gasteiger partial charge in [-0.1, -0.05) is 25.3 Å². The summed E-state index contributed by atoms with van der Waals surface area (Å²) < 4.78 is 0. The van der Waals surface area contributed by atoms with Gasteiger partial charge in [0.25, 0.3) is 0 Å². The second kappa shape index (κ2) is 5.54. The van der Waals surface area contributed by atoms with Gasteiger partial charge in [0.1, 0.15) is 0 Å². The quantitative estimate of drug-likeness (QED) is 0.809. The topological polar surface area (TPSA) is 38.0 Å². The fraction of sp³-hybridized carbons (Fsp3) is 0.647. The van der Waals surface area contributed by atoms with E-state index < -0.39 is 0 Å². The first-order valence-corrected chi connectivity index (χ1v) is 7.88. The minimum atomic E-state index is 0.549. The zero-order chi connectivity index (χ0) is 13.2. The fourth-order valence-corrected chi connectivity index (χ4v) is 3.90. The number of anilines is 1. The van der Waals surface area contributed by atoms with Gasteiger partial charge in [0.15, 0.2) is 0 Å². The van der Waals surface area contributed by atoms with Crippen molar-refractivity contribution >= 4 is 5.69 Å². The first kappa shape index (κ1) is 13.0. The molecule has 2 heteroatoms. The van der Waals surface area contributed by atoms with Crippen LogP contribution in [-0.2, 0) is 6.42 Å². The molecule has 3 N–H and O–H groups in total. The minimum Gasteiger partial charge on any atom is -0.399 e. The monoisotopic (exact) mass is 258 g/mol. The van der Waals surface area contributed by atoms with Crippen molar-refractivity contribution in [2.24, 2.45) is 5.92 Å². The Bertz CT molecular complexity index is 435. The van der Waals surface area contributed by atoms with Crippen LogP contribution >= 0.6 is 0 Å². The van der Waals surface area contributed by atoms with Crippen molar-refractivity contribution in [2.75, 3.05) is 5.73 Å². The maximum absolute atomic E-state index is 5.87. The number of nitrogens with one attached hydrogen (secondary N) is 1. The molecule has 104 valence electrons. The molecule has 1 aromatic rings. The average Bonchev–Trinajstić information content (AvgIpc) is 2.82. The van der Waals surface area contributed by atoms with Crippen LogP contribution in [0.5, 0.6) is 0 Å². The van der Waals surface area contributed by atoms with E-state index in [1.165, 1.54) is 56.1 Å². The largest absolute Gasteiger partial charge is 0.399 e. The average molecular weight is 258 g/mol. The third-order valence-corrected chi connectivity index (χ3v) is 5.07. The lowest BCUT2D eigenvalue weighted by molar-refractivity contribution is 0.264. The Morgan fingerprint density at radius 3 is 2.74 bits per heavy atom. The third kappa shape index (κ3) is 2.79. The maximum atomic E-state index is 5.87. The first-order valence-electron chi connectivity index (χ1n) is 7.88. The molecule has 1 aromatic carbocycles. The van der Waals surface area contributed by atoms with Crippen LogP contribution in [-0.4, -0.2) is 6.04 Å². The molecule has 2 nitrogen and oxygen atoms in total. The number of hydrogen-bond acceptors (Lipinski definition) is 2. The number of fused-ring (bicyclic) bond motifs is 1. The summed E-state index contributed by atoms with van der Waals surface area (Å²) >= 11 is 0. The molecule has 1 unspecified atom stereocenters. The van der Waals surface area contributed by atoms with E-state index in [2.05, 4.69) is 24.4 Å². The summed E-state index contributed by atoms with van der Waals surface area (Å²) in [5.41, 5.74) is 9.71. The standard InChI is InChI=1S/C17H26N2/c1-12(13-5-3-2-4-6-13)19-17-10-7-14-11-15(18)8-9-16(14)17/h8-9,11-13,17,19H,2-7,10,18H2,1H3/t12-,17?/m0/s1. The highest BCUT2D eigenvalue weighted by atomic mass is 15.0. The van der Waals surface area contributed by atoms with Gasteiger partial charge in [-0.25, -0.2) is 0 Å². The zero-order valence-corrected chi connectivity index (χ0v) is 12.0. The molecule has 2 aliphatic carbocycles. The van der Waals surface area contributed by atoms with Crippen LogP contribution in [0.1, 0.15) is 62.6 Å². The number of nitrogen functional groups attached to an aromatic ring is 1. The Hall–Kier alpha value is -1.02. The predicted molar refractivity (Wildman–Crippen MR) is 81.1 cm³/mol. The molecule has 2 atom stereocenters. The molecule has 0 amide bonds. The van der Waals surface area contributed by atoms with E-state index in [-0.39, 0.29) is 0 Å². The van der Waals surface area contributed by atoms with Crippen LogP contribution in [0.3, 0.4) is 0 Å². The Morgan fingerprint density at radius 2 is 1.95 bits per heavy atom. The van der Waals surface area contributed by atoms with Crippen LogP contribution in [0.15, 0.2) is 18.2 Å². The highest BCUT2D eigenvalue weighted by molar-refractivity contribution is 5.47. The molecule has 0 aromatic heterocycles. The molecule has 0 radical (unpaired) electrons. The van der Waals surface area contributed by atoms with Crippen LogP contribution in [0, 0.1) is 5.92 Å². The lowest BCUT2D eigenvalue weighted by atomic mass is 9.84. The first-order chi connectivity index (χ1) is 9.24. The highest BCUT2D eigenvalue weighted by Gasteiger charge is 2.27. The van der Waals surface area contributed by atoms with Gasteiger partial charge >= 0.3 is 0 Å². The molecule has 19 heavy (non-hydrogen) atoms. The van der Waals surface area contributed by atoms with Crippen molar-refractivity contribution in [3.05, 3.63) is 29.3 Å². The van der Waals surface area contributed by atoms with Crippen LogP contribution < -0.4 is 11.1 Å². The molecule has 1 fully saturated rings. The van der Waals surface area contributed by atoms with E-state index >= 15 is 0 Å². The molecule has 0 saturated heterocycles. The molecular formula is C17H26N2. The van der Waals surface area contributed by atoms with Crippen molar-refractivity contribution in [1.82, 2.24) is 5.32 Å². The van der Waals surface area contributed by atoms with Crippen LogP contribution in [0.4, 0.5) is 5.69 Å². The van der Waals surface area contributed by atoms with Gasteiger partial charge in [-0.2, -0.15) is 0 Å². The van der Waals surface area contributed by atoms with Crippen molar-refractivity contribution in [2.45, 2.75) is 64.0 Å². The van der Waals surface area contributed by atoms with Crippen molar-refractivity contribution in [3.63, 3.8) is 0 Å². The Labute approximate surface area is 116 Å². The molecular weight excluding hydrogens is 232 g/mol. The molecule has 0 spiro atoms. The number of rotatable bonds is 3. The summed E-state index contributed by atoms with van der Waals surface area (Å²) in [6.45, 7) is 2.38. The van der Waals surface area contributed by atoms with Gasteiger partial charge in [-0.05, 0) is 61.8 Å². The second-order valence-electron chi connectivity index (χ2n) is 6.40. The molecule has 0 heterocycles. The number of benzene rings is 1. The second-order valence-corrected chi connectivity index (χ2v) is 6.40. The zero-order valence-electron chi connectivity index (χ0n) is 12.0. The number of aryl methyl sites for hydroxylation is 1. The molecule has 3 rings (SSSR count). The van der Waals surface area contributed by atoms with Crippen LogP contribution in [0.2, 0.25) is 0 Å². The lowest BCUT2D eigenvalue weighted by Crippen LogP contribution is -2.36. The number of nitrogens with two attached hydrogens (primary N) is 1. The fourth-order valence-electron chi connectivity index (χ4n) is 3.90. The van der Waals surface area contributed by atoms with Gasteiger partial charge in [0, 0.05) is 17.8 Å². The van der Waals surface area contributed by atoms with Crippen molar-refractivity contribution < 1.29 is 0 Å². The van der Waals surface area contributed by atoms with Gasteiger partial charge in [0.2, 0.25) is 0 Å². The Balaban J connectivity index is 1.65. The van der Waals surface area contributed by atoms with E-state index in [1.54, 1.807) is 0 Å². The Morgan fingerprint density at radius 1 is 1.16 bits per heavy atom. The maximum Gasteiger partial charge on any atom is 0.0328 e. The summed E-state index contributed by atoms with van der Waals surface area (Å²) in [6, 6.07) is 7.62. The van der Waals surface area contributed by atoms with E-state index in [0.29, 0.717) is 12.1 Å². The van der Waals surface area contributed by atoms with Gasteiger partial charge < -0.3 is 11.1 Å². The number of hydrogen-bond donors (Lipinski definition) is 2. The molecule has 0 aliphatic heterocycles. The summed E-state index contributed by atoms with van der Waals surface area (Å²) in [5, 5.41) is 3.88.